The van der Waals surface area contributed by atoms with Gasteiger partial charge < -0.3 is 15.0 Å². The zero-order valence-electron chi connectivity index (χ0n) is 24.0. The van der Waals surface area contributed by atoms with Gasteiger partial charge in [0, 0.05) is 19.0 Å². The molecule has 1 unspecified atom stereocenters. The van der Waals surface area contributed by atoms with Crippen molar-refractivity contribution in [1.82, 2.24) is 10.2 Å². The van der Waals surface area contributed by atoms with E-state index in [2.05, 4.69) is 5.32 Å². The Morgan fingerprint density at radius 3 is 2.24 bits per heavy atom. The maximum absolute atomic E-state index is 14.2. The number of benzene rings is 3. The Hall–Kier alpha value is -3.85. The summed E-state index contributed by atoms with van der Waals surface area (Å²) in [5, 5.41) is 3.17. The van der Waals surface area contributed by atoms with E-state index in [0.29, 0.717) is 17.9 Å². The van der Waals surface area contributed by atoms with Gasteiger partial charge in [0.1, 0.15) is 18.3 Å². The highest BCUT2D eigenvalue weighted by Gasteiger charge is 2.34. The Morgan fingerprint density at radius 1 is 0.951 bits per heavy atom. The van der Waals surface area contributed by atoms with Crippen molar-refractivity contribution in [3.05, 3.63) is 95.6 Å². The van der Waals surface area contributed by atoms with E-state index in [4.69, 9.17) is 4.74 Å². The monoisotopic (exact) mass is 577 g/mol. The SMILES string of the molecule is COc1cccc(CN(C(=O)CN(c2ccc(C)cc2)S(C)(=O)=O)C(Cc2ccccc2)C(=O)NC2CCCC2)c1. The molecule has 1 atom stereocenters. The number of carbonyl (C=O) groups is 2. The lowest BCUT2D eigenvalue weighted by Gasteiger charge is -2.34. The minimum absolute atomic E-state index is 0.0645. The Morgan fingerprint density at radius 2 is 1.61 bits per heavy atom. The van der Waals surface area contributed by atoms with Crippen molar-refractivity contribution in [1.29, 1.82) is 0 Å². The molecule has 0 bridgehead atoms. The van der Waals surface area contributed by atoms with Gasteiger partial charge in [-0.2, -0.15) is 0 Å². The molecular weight excluding hydrogens is 538 g/mol. The first-order chi connectivity index (χ1) is 19.6. The first kappa shape index (κ1) is 30.1. The molecule has 1 saturated carbocycles. The fourth-order valence-electron chi connectivity index (χ4n) is 5.21. The van der Waals surface area contributed by atoms with Crippen LogP contribution in [0.15, 0.2) is 78.9 Å². The minimum Gasteiger partial charge on any atom is -0.497 e. The number of hydrogen-bond acceptors (Lipinski definition) is 5. The molecule has 1 N–H and O–H groups in total. The van der Waals surface area contributed by atoms with Crippen molar-refractivity contribution >= 4 is 27.5 Å². The first-order valence-corrected chi connectivity index (χ1v) is 15.8. The molecule has 0 aromatic heterocycles. The third-order valence-corrected chi connectivity index (χ3v) is 8.60. The van der Waals surface area contributed by atoms with Crippen molar-refractivity contribution in [2.45, 2.75) is 57.7 Å². The molecule has 2 amide bonds. The highest BCUT2D eigenvalue weighted by molar-refractivity contribution is 7.92. The number of sulfonamides is 1. The summed E-state index contributed by atoms with van der Waals surface area (Å²) < 4.78 is 32.3. The number of aryl methyl sites for hydroxylation is 1. The predicted octanol–water partition coefficient (Wildman–Crippen LogP) is 4.47. The Balaban J connectivity index is 1.73. The summed E-state index contributed by atoms with van der Waals surface area (Å²) in [6.07, 6.45) is 5.30. The topological polar surface area (TPSA) is 96.0 Å². The molecule has 0 heterocycles. The van der Waals surface area contributed by atoms with Crippen LogP contribution >= 0.6 is 0 Å². The highest BCUT2D eigenvalue weighted by Crippen LogP contribution is 2.23. The summed E-state index contributed by atoms with van der Waals surface area (Å²) in [6, 6.07) is 23.1. The summed E-state index contributed by atoms with van der Waals surface area (Å²) >= 11 is 0. The van der Waals surface area contributed by atoms with Crippen LogP contribution in [0.4, 0.5) is 5.69 Å². The number of amides is 2. The van der Waals surface area contributed by atoms with Gasteiger partial charge in [0.05, 0.1) is 19.1 Å². The van der Waals surface area contributed by atoms with E-state index in [-0.39, 0.29) is 18.5 Å². The van der Waals surface area contributed by atoms with Crippen molar-refractivity contribution < 1.29 is 22.7 Å². The average Bonchev–Trinajstić information content (AvgIpc) is 3.47. The third-order valence-electron chi connectivity index (χ3n) is 7.46. The molecule has 1 aliphatic rings. The molecule has 0 spiro atoms. The molecule has 4 rings (SSSR count). The molecule has 0 saturated heterocycles. The smallest absolute Gasteiger partial charge is 0.244 e. The molecule has 0 aliphatic heterocycles. The van der Waals surface area contributed by atoms with E-state index < -0.39 is 28.5 Å². The molecule has 218 valence electrons. The van der Waals surface area contributed by atoms with Gasteiger partial charge in [-0.25, -0.2) is 8.42 Å². The zero-order chi connectivity index (χ0) is 29.4. The first-order valence-electron chi connectivity index (χ1n) is 13.9. The zero-order valence-corrected chi connectivity index (χ0v) is 24.8. The highest BCUT2D eigenvalue weighted by atomic mass is 32.2. The maximum atomic E-state index is 14.2. The van der Waals surface area contributed by atoms with Gasteiger partial charge >= 0.3 is 0 Å². The van der Waals surface area contributed by atoms with Crippen LogP contribution in [-0.2, 0) is 32.6 Å². The van der Waals surface area contributed by atoms with Crippen LogP contribution in [-0.4, -0.2) is 57.1 Å². The number of methoxy groups -OCH3 is 1. The van der Waals surface area contributed by atoms with E-state index in [1.165, 1.54) is 4.90 Å². The fraction of sp³-hybridized carbons (Fsp3) is 0.375. The lowest BCUT2D eigenvalue weighted by atomic mass is 10.0. The van der Waals surface area contributed by atoms with Crippen LogP contribution in [0, 0.1) is 6.92 Å². The van der Waals surface area contributed by atoms with E-state index >= 15 is 0 Å². The van der Waals surface area contributed by atoms with E-state index in [1.807, 2.05) is 61.5 Å². The van der Waals surface area contributed by atoms with Gasteiger partial charge in [-0.15, -0.1) is 0 Å². The van der Waals surface area contributed by atoms with Crippen LogP contribution in [0.5, 0.6) is 5.75 Å². The van der Waals surface area contributed by atoms with E-state index in [9.17, 15) is 18.0 Å². The molecule has 3 aromatic carbocycles. The molecule has 41 heavy (non-hydrogen) atoms. The van der Waals surface area contributed by atoms with Gasteiger partial charge in [0.2, 0.25) is 21.8 Å². The number of hydrogen-bond donors (Lipinski definition) is 1. The van der Waals surface area contributed by atoms with Crippen molar-refractivity contribution in [2.75, 3.05) is 24.2 Å². The van der Waals surface area contributed by atoms with E-state index in [0.717, 1.165) is 52.9 Å². The van der Waals surface area contributed by atoms with Crippen LogP contribution < -0.4 is 14.4 Å². The quantitative estimate of drug-likeness (QED) is 0.343. The van der Waals surface area contributed by atoms with Crippen LogP contribution in [0.1, 0.15) is 42.4 Å². The molecular formula is C32H39N3O5S. The van der Waals surface area contributed by atoms with Gasteiger partial charge in [0.15, 0.2) is 0 Å². The second-order valence-corrected chi connectivity index (χ2v) is 12.6. The number of nitrogens with one attached hydrogen (secondary N) is 1. The van der Waals surface area contributed by atoms with Crippen LogP contribution in [0.3, 0.4) is 0 Å². The standard InChI is InChI=1S/C32H39N3O5S/c1-24-16-18-28(19-17-24)35(41(3,38)39)23-31(36)34(22-26-12-9-15-29(20-26)40-2)30(21-25-10-5-4-6-11-25)32(37)33-27-13-7-8-14-27/h4-6,9-12,15-20,27,30H,7-8,13-14,21-23H2,1-3H3,(H,33,37). The number of ether oxygens (including phenoxy) is 1. The van der Waals surface area contributed by atoms with E-state index in [1.54, 1.807) is 31.4 Å². The molecule has 8 nitrogen and oxygen atoms in total. The summed E-state index contributed by atoms with van der Waals surface area (Å²) in [5.41, 5.74) is 3.04. The van der Waals surface area contributed by atoms with Gasteiger partial charge in [-0.1, -0.05) is 73.0 Å². The number of rotatable bonds is 12. The minimum atomic E-state index is -3.80. The number of nitrogens with zero attached hydrogens (tertiary/aromatic N) is 2. The Bertz CT molecular complexity index is 1420. The molecule has 1 fully saturated rings. The lowest BCUT2D eigenvalue weighted by molar-refractivity contribution is -0.140. The van der Waals surface area contributed by atoms with Crippen LogP contribution in [0.25, 0.3) is 0 Å². The van der Waals surface area contributed by atoms with Gasteiger partial charge in [0.25, 0.3) is 0 Å². The second kappa shape index (κ2) is 13.7. The van der Waals surface area contributed by atoms with Crippen molar-refractivity contribution in [3.63, 3.8) is 0 Å². The van der Waals surface area contributed by atoms with Gasteiger partial charge in [-0.3, -0.25) is 13.9 Å². The molecule has 0 radical (unpaired) electrons. The molecule has 1 aliphatic carbocycles. The largest absolute Gasteiger partial charge is 0.497 e. The second-order valence-electron chi connectivity index (χ2n) is 10.7. The summed E-state index contributed by atoms with van der Waals surface area (Å²) in [6.45, 7) is 1.58. The van der Waals surface area contributed by atoms with Crippen molar-refractivity contribution in [2.24, 2.45) is 0 Å². The Kier molecular flexibility index (Phi) is 10.0. The summed E-state index contributed by atoms with van der Waals surface area (Å²) in [7, 11) is -2.23. The summed E-state index contributed by atoms with van der Waals surface area (Å²) in [5.74, 6) is -0.0816. The van der Waals surface area contributed by atoms with Crippen molar-refractivity contribution in [3.8, 4) is 5.75 Å². The van der Waals surface area contributed by atoms with Gasteiger partial charge in [-0.05, 0) is 55.2 Å². The fourth-order valence-corrected chi connectivity index (χ4v) is 6.06. The summed E-state index contributed by atoms with van der Waals surface area (Å²) in [4.78, 5) is 29.6. The van der Waals surface area contributed by atoms with Crippen LogP contribution in [0.2, 0.25) is 0 Å². The maximum Gasteiger partial charge on any atom is 0.244 e. The number of carbonyl (C=O) groups excluding carboxylic acids is 2. The molecule has 3 aromatic rings. The lowest BCUT2D eigenvalue weighted by Crippen LogP contribution is -2.54. The third kappa shape index (κ3) is 8.33. The predicted molar refractivity (Wildman–Crippen MR) is 161 cm³/mol. The Labute approximate surface area is 243 Å². The average molecular weight is 578 g/mol. The number of anilines is 1. The normalized spacial score (nSPS) is 14.3. The molecule has 9 heteroatoms.